The first-order valence-corrected chi connectivity index (χ1v) is 7.42. The van der Waals surface area contributed by atoms with Crippen LogP contribution in [0.3, 0.4) is 0 Å². The summed E-state index contributed by atoms with van der Waals surface area (Å²) in [6.45, 7) is 0.556. The van der Waals surface area contributed by atoms with Gasteiger partial charge >= 0.3 is 5.97 Å². The first-order valence-electron chi connectivity index (χ1n) is 7.42. The largest absolute Gasteiger partial charge is 0.496 e. The second-order valence-corrected chi connectivity index (χ2v) is 5.06. The van der Waals surface area contributed by atoms with Crippen molar-refractivity contribution in [3.63, 3.8) is 0 Å². The van der Waals surface area contributed by atoms with Gasteiger partial charge < -0.3 is 18.9 Å². The Bertz CT molecular complexity index is 768. The van der Waals surface area contributed by atoms with E-state index in [0.717, 1.165) is 0 Å². The highest BCUT2D eigenvalue weighted by Crippen LogP contribution is 2.30. The van der Waals surface area contributed by atoms with Gasteiger partial charge in [-0.05, 0) is 30.3 Å². The smallest absolute Gasteiger partial charge is 0.342 e. The van der Waals surface area contributed by atoms with Crippen LogP contribution < -0.4 is 14.2 Å². The van der Waals surface area contributed by atoms with Crippen LogP contribution in [0.25, 0.3) is 0 Å². The Balaban J connectivity index is 1.66. The predicted molar refractivity (Wildman–Crippen MR) is 85.0 cm³/mol. The first-order chi connectivity index (χ1) is 11.7. The number of carbonyl (C=O) groups is 2. The van der Waals surface area contributed by atoms with Crippen molar-refractivity contribution >= 4 is 11.8 Å². The molecule has 0 N–H and O–H groups in total. The van der Waals surface area contributed by atoms with E-state index < -0.39 is 5.97 Å². The van der Waals surface area contributed by atoms with Gasteiger partial charge in [0.1, 0.15) is 24.5 Å². The minimum atomic E-state index is -0.613. The summed E-state index contributed by atoms with van der Waals surface area (Å²) in [6, 6.07) is 11.6. The molecule has 3 rings (SSSR count). The molecule has 2 aromatic carbocycles. The van der Waals surface area contributed by atoms with Crippen molar-refractivity contribution in [1.29, 1.82) is 0 Å². The molecular formula is C18H16O6. The maximum absolute atomic E-state index is 12.2. The molecule has 24 heavy (non-hydrogen) atoms. The fraction of sp³-hybridized carbons (Fsp3) is 0.222. The third-order valence-corrected chi connectivity index (χ3v) is 3.53. The number of ether oxygens (including phenoxy) is 4. The van der Waals surface area contributed by atoms with Crippen LogP contribution in [0.1, 0.15) is 20.7 Å². The summed E-state index contributed by atoms with van der Waals surface area (Å²) in [5.41, 5.74) is 0.669. The lowest BCUT2D eigenvalue weighted by Crippen LogP contribution is -2.17. The number of ketones is 1. The Labute approximate surface area is 138 Å². The zero-order valence-corrected chi connectivity index (χ0v) is 13.1. The number of para-hydroxylation sites is 1. The third kappa shape index (κ3) is 3.32. The van der Waals surface area contributed by atoms with Gasteiger partial charge in [0.25, 0.3) is 0 Å². The van der Waals surface area contributed by atoms with Crippen LogP contribution in [0.15, 0.2) is 42.5 Å². The molecule has 1 heterocycles. The van der Waals surface area contributed by atoms with E-state index in [2.05, 4.69) is 0 Å². The van der Waals surface area contributed by atoms with Gasteiger partial charge in [0, 0.05) is 5.56 Å². The van der Waals surface area contributed by atoms with Crippen molar-refractivity contribution in [3.8, 4) is 17.2 Å². The topological polar surface area (TPSA) is 71.1 Å². The molecule has 0 saturated carbocycles. The molecule has 0 saturated heterocycles. The van der Waals surface area contributed by atoms with Gasteiger partial charge in [-0.3, -0.25) is 4.79 Å². The second-order valence-electron chi connectivity index (χ2n) is 5.06. The Morgan fingerprint density at radius 3 is 2.58 bits per heavy atom. The molecule has 1 aliphatic heterocycles. The van der Waals surface area contributed by atoms with E-state index in [4.69, 9.17) is 18.9 Å². The Morgan fingerprint density at radius 2 is 1.79 bits per heavy atom. The van der Waals surface area contributed by atoms with Crippen LogP contribution >= 0.6 is 0 Å². The molecule has 6 heteroatoms. The highest BCUT2D eigenvalue weighted by atomic mass is 16.6. The average Bonchev–Trinajstić information content (AvgIpc) is 2.65. The molecule has 2 aromatic rings. The monoisotopic (exact) mass is 328 g/mol. The molecule has 6 nitrogen and oxygen atoms in total. The number of Topliss-reactive ketones (excluding diaryl/α,β-unsaturated/α-hetero) is 1. The van der Waals surface area contributed by atoms with E-state index in [9.17, 15) is 9.59 Å². The standard InChI is InChI=1S/C18H16O6/c1-21-15-5-3-2-4-13(15)18(20)24-11-14(19)12-6-7-16-17(10-12)23-9-8-22-16/h2-7,10H,8-9,11H2,1H3. The number of hydrogen-bond donors (Lipinski definition) is 0. The Kier molecular flexibility index (Phi) is 4.65. The quantitative estimate of drug-likeness (QED) is 0.620. The molecule has 0 radical (unpaired) electrons. The molecule has 0 fully saturated rings. The van der Waals surface area contributed by atoms with Gasteiger partial charge in [-0.15, -0.1) is 0 Å². The number of carbonyl (C=O) groups excluding carboxylic acids is 2. The maximum Gasteiger partial charge on any atom is 0.342 e. The van der Waals surface area contributed by atoms with Crippen molar-refractivity contribution in [2.45, 2.75) is 0 Å². The fourth-order valence-electron chi connectivity index (χ4n) is 2.32. The summed E-state index contributed by atoms with van der Waals surface area (Å²) < 4.78 is 21.0. The van der Waals surface area contributed by atoms with Gasteiger partial charge in [-0.25, -0.2) is 4.79 Å². The molecule has 0 spiro atoms. The number of esters is 1. The van der Waals surface area contributed by atoms with E-state index in [0.29, 0.717) is 36.0 Å². The zero-order valence-electron chi connectivity index (χ0n) is 13.1. The number of benzene rings is 2. The SMILES string of the molecule is COc1ccccc1C(=O)OCC(=O)c1ccc2c(c1)OCCO2. The first kappa shape index (κ1) is 15.9. The van der Waals surface area contributed by atoms with Gasteiger partial charge in [0.15, 0.2) is 23.9 Å². The zero-order chi connectivity index (χ0) is 16.9. The summed E-state index contributed by atoms with van der Waals surface area (Å²) in [6.07, 6.45) is 0. The van der Waals surface area contributed by atoms with Crippen LogP contribution in [0, 0.1) is 0 Å². The van der Waals surface area contributed by atoms with Crippen LogP contribution in [-0.2, 0) is 4.74 Å². The molecule has 0 amide bonds. The van der Waals surface area contributed by atoms with Gasteiger partial charge in [0.2, 0.25) is 0 Å². The maximum atomic E-state index is 12.2. The van der Waals surface area contributed by atoms with E-state index >= 15 is 0 Å². The number of fused-ring (bicyclic) bond motifs is 1. The minimum absolute atomic E-state index is 0.273. The summed E-state index contributed by atoms with van der Waals surface area (Å²) in [5, 5.41) is 0. The lowest BCUT2D eigenvalue weighted by molar-refractivity contribution is 0.0471. The Hall–Kier alpha value is -3.02. The van der Waals surface area contributed by atoms with Gasteiger partial charge in [0.05, 0.1) is 7.11 Å². The molecule has 0 bridgehead atoms. The van der Waals surface area contributed by atoms with Crippen molar-refractivity contribution in [2.24, 2.45) is 0 Å². The summed E-state index contributed by atoms with van der Waals surface area (Å²) in [5.74, 6) is 0.579. The third-order valence-electron chi connectivity index (χ3n) is 3.53. The highest BCUT2D eigenvalue weighted by Gasteiger charge is 2.18. The molecule has 0 unspecified atom stereocenters. The van der Waals surface area contributed by atoms with Crippen molar-refractivity contribution < 1.29 is 28.5 Å². The molecule has 0 atom stereocenters. The average molecular weight is 328 g/mol. The van der Waals surface area contributed by atoms with Crippen molar-refractivity contribution in [3.05, 3.63) is 53.6 Å². The lowest BCUT2D eigenvalue weighted by Gasteiger charge is -2.18. The van der Waals surface area contributed by atoms with Crippen LogP contribution in [-0.4, -0.2) is 38.7 Å². The molecular weight excluding hydrogens is 312 g/mol. The summed E-state index contributed by atoms with van der Waals surface area (Å²) in [4.78, 5) is 24.3. The number of hydrogen-bond acceptors (Lipinski definition) is 6. The lowest BCUT2D eigenvalue weighted by atomic mass is 10.1. The van der Waals surface area contributed by atoms with Crippen LogP contribution in [0.2, 0.25) is 0 Å². The minimum Gasteiger partial charge on any atom is -0.496 e. The second kappa shape index (κ2) is 7.04. The van der Waals surface area contributed by atoms with E-state index in [-0.39, 0.29) is 18.0 Å². The molecule has 0 aromatic heterocycles. The van der Waals surface area contributed by atoms with Gasteiger partial charge in [-0.2, -0.15) is 0 Å². The Morgan fingerprint density at radius 1 is 1.04 bits per heavy atom. The highest BCUT2D eigenvalue weighted by molar-refractivity contribution is 6.00. The van der Waals surface area contributed by atoms with E-state index in [1.54, 1.807) is 42.5 Å². The molecule has 124 valence electrons. The predicted octanol–water partition coefficient (Wildman–Crippen LogP) is 2.51. The summed E-state index contributed by atoms with van der Waals surface area (Å²) in [7, 11) is 1.46. The summed E-state index contributed by atoms with van der Waals surface area (Å²) >= 11 is 0. The van der Waals surface area contributed by atoms with Crippen LogP contribution in [0.4, 0.5) is 0 Å². The molecule has 0 aliphatic carbocycles. The van der Waals surface area contributed by atoms with Crippen LogP contribution in [0.5, 0.6) is 17.2 Å². The molecule has 1 aliphatic rings. The van der Waals surface area contributed by atoms with Crippen molar-refractivity contribution in [2.75, 3.05) is 26.9 Å². The van der Waals surface area contributed by atoms with E-state index in [1.807, 2.05) is 0 Å². The fourth-order valence-corrected chi connectivity index (χ4v) is 2.32. The normalized spacial score (nSPS) is 12.4. The number of rotatable bonds is 5. The number of methoxy groups -OCH3 is 1. The van der Waals surface area contributed by atoms with E-state index in [1.165, 1.54) is 7.11 Å². The van der Waals surface area contributed by atoms with Gasteiger partial charge in [-0.1, -0.05) is 12.1 Å². The van der Waals surface area contributed by atoms with Crippen molar-refractivity contribution in [1.82, 2.24) is 0 Å².